The Hall–Kier alpha value is -2.74. The number of thiazole rings is 1. The fourth-order valence-corrected chi connectivity index (χ4v) is 3.94. The Kier molecular flexibility index (Phi) is 4.89. The number of aromatic nitrogens is 4. The van der Waals surface area contributed by atoms with Gasteiger partial charge < -0.3 is 9.64 Å². The molecule has 2 atom stereocenters. The Morgan fingerprint density at radius 3 is 2.86 bits per heavy atom. The normalized spacial score (nSPS) is 18.1. The number of hydrogen-bond donors (Lipinski definition) is 0. The van der Waals surface area contributed by atoms with Crippen LogP contribution in [0.2, 0.25) is 0 Å². The van der Waals surface area contributed by atoms with Crippen molar-refractivity contribution in [3.05, 3.63) is 57.1 Å². The van der Waals surface area contributed by atoms with Crippen molar-refractivity contribution >= 4 is 22.2 Å². The number of rotatable bonds is 6. The molecule has 3 aromatic heterocycles. The van der Waals surface area contributed by atoms with E-state index in [0.717, 1.165) is 22.9 Å². The smallest absolute Gasteiger partial charge is 0.290 e. The van der Waals surface area contributed by atoms with Gasteiger partial charge in [-0.15, -0.1) is 16.4 Å². The second-order valence-corrected chi connectivity index (χ2v) is 8.14. The highest BCUT2D eigenvalue weighted by atomic mass is 32.1. The summed E-state index contributed by atoms with van der Waals surface area (Å²) in [5.41, 5.74) is 3.52. The summed E-state index contributed by atoms with van der Waals surface area (Å²) in [6.45, 7) is 4.53. The summed E-state index contributed by atoms with van der Waals surface area (Å²) in [7, 11) is 3.47. The first-order valence-electron chi connectivity index (χ1n) is 9.22. The molecule has 1 saturated carbocycles. The van der Waals surface area contributed by atoms with E-state index in [1.54, 1.807) is 18.0 Å². The topological polar surface area (TPSA) is 73.1 Å². The quantitative estimate of drug-likeness (QED) is 0.636. The molecule has 7 nitrogen and oxygen atoms in total. The molecular formula is C20H23N5O2S. The molecule has 0 unspecified atom stereocenters. The summed E-state index contributed by atoms with van der Waals surface area (Å²) in [5.74, 6) is 1.31. The van der Waals surface area contributed by atoms with Gasteiger partial charge in [0.25, 0.3) is 5.56 Å². The molecule has 0 aromatic carbocycles. The minimum absolute atomic E-state index is 0.184. The zero-order valence-electron chi connectivity index (χ0n) is 16.4. The summed E-state index contributed by atoms with van der Waals surface area (Å²) in [6, 6.07) is 5.88. The second kappa shape index (κ2) is 7.35. The van der Waals surface area contributed by atoms with Crippen LogP contribution in [-0.2, 0) is 7.05 Å². The highest BCUT2D eigenvalue weighted by Crippen LogP contribution is 2.46. The predicted octanol–water partition coefficient (Wildman–Crippen LogP) is 3.20. The number of hydrogen-bond acceptors (Lipinski definition) is 7. The number of ether oxygens (including phenoxy) is 1. The first-order chi connectivity index (χ1) is 13.4. The van der Waals surface area contributed by atoms with Crippen LogP contribution in [-0.4, -0.2) is 33.4 Å². The predicted molar refractivity (Wildman–Crippen MR) is 110 cm³/mol. The SMILES string of the molecule is Cc1ccc([C@H]2C[C@@H]2COc2cc(N(C)c3nc(C)cs3)c(=O)n(C)n2)nc1. The maximum atomic E-state index is 12.5. The third-order valence-corrected chi connectivity index (χ3v) is 5.99. The molecule has 3 heterocycles. The van der Waals surface area contributed by atoms with Crippen molar-refractivity contribution in [1.82, 2.24) is 19.7 Å². The van der Waals surface area contributed by atoms with Gasteiger partial charge in [0, 0.05) is 49.3 Å². The van der Waals surface area contributed by atoms with Gasteiger partial charge in [0.05, 0.1) is 12.3 Å². The third-order valence-electron chi connectivity index (χ3n) is 4.96. The molecule has 0 amide bonds. The number of anilines is 2. The molecule has 146 valence electrons. The van der Waals surface area contributed by atoms with E-state index >= 15 is 0 Å². The molecule has 0 bridgehead atoms. The van der Waals surface area contributed by atoms with Crippen LogP contribution in [0.25, 0.3) is 0 Å². The van der Waals surface area contributed by atoms with Crippen molar-refractivity contribution in [3.63, 3.8) is 0 Å². The van der Waals surface area contributed by atoms with Gasteiger partial charge in [0.1, 0.15) is 5.69 Å². The van der Waals surface area contributed by atoms with Crippen molar-refractivity contribution in [2.24, 2.45) is 13.0 Å². The molecule has 8 heteroatoms. The van der Waals surface area contributed by atoms with Crippen LogP contribution in [0.4, 0.5) is 10.8 Å². The lowest BCUT2D eigenvalue weighted by atomic mass is 10.2. The lowest BCUT2D eigenvalue weighted by molar-refractivity contribution is 0.278. The maximum Gasteiger partial charge on any atom is 0.290 e. The summed E-state index contributed by atoms with van der Waals surface area (Å²) in [6.07, 6.45) is 2.97. The molecule has 3 aromatic rings. The van der Waals surface area contributed by atoms with Crippen LogP contribution in [0.1, 0.15) is 29.3 Å². The van der Waals surface area contributed by atoms with Gasteiger partial charge in [0.15, 0.2) is 5.13 Å². The van der Waals surface area contributed by atoms with Gasteiger partial charge in [-0.1, -0.05) is 6.07 Å². The average molecular weight is 398 g/mol. The van der Waals surface area contributed by atoms with E-state index < -0.39 is 0 Å². The number of nitrogens with zero attached hydrogens (tertiary/aromatic N) is 5. The summed E-state index contributed by atoms with van der Waals surface area (Å²) in [4.78, 5) is 23.3. The average Bonchev–Trinajstić information content (AvgIpc) is 3.33. The Morgan fingerprint density at radius 2 is 2.18 bits per heavy atom. The molecule has 0 radical (unpaired) electrons. The summed E-state index contributed by atoms with van der Waals surface area (Å²) < 4.78 is 7.24. The van der Waals surface area contributed by atoms with E-state index in [4.69, 9.17) is 4.74 Å². The Morgan fingerprint density at radius 1 is 1.36 bits per heavy atom. The van der Waals surface area contributed by atoms with E-state index in [1.807, 2.05) is 32.5 Å². The van der Waals surface area contributed by atoms with Crippen molar-refractivity contribution < 1.29 is 4.74 Å². The van der Waals surface area contributed by atoms with Gasteiger partial charge in [0.2, 0.25) is 5.88 Å². The molecule has 1 aliphatic rings. The lowest BCUT2D eigenvalue weighted by Crippen LogP contribution is -2.27. The van der Waals surface area contributed by atoms with Crippen molar-refractivity contribution in [2.75, 3.05) is 18.6 Å². The Bertz CT molecular complexity index is 1040. The second-order valence-electron chi connectivity index (χ2n) is 7.30. The first kappa shape index (κ1) is 18.6. The van der Waals surface area contributed by atoms with Gasteiger partial charge in [-0.2, -0.15) is 0 Å². The molecule has 28 heavy (non-hydrogen) atoms. The molecule has 1 aliphatic carbocycles. The van der Waals surface area contributed by atoms with E-state index in [0.29, 0.717) is 30.0 Å². The number of pyridine rings is 1. The van der Waals surface area contributed by atoms with Gasteiger partial charge in [-0.05, 0) is 31.9 Å². The molecule has 0 saturated heterocycles. The van der Waals surface area contributed by atoms with Crippen LogP contribution in [0.5, 0.6) is 5.88 Å². The van der Waals surface area contributed by atoms with Crippen LogP contribution in [0, 0.1) is 19.8 Å². The minimum atomic E-state index is -0.184. The van der Waals surface area contributed by atoms with Crippen LogP contribution >= 0.6 is 11.3 Å². The van der Waals surface area contributed by atoms with Gasteiger partial charge in [-0.25, -0.2) is 9.67 Å². The highest BCUT2D eigenvalue weighted by Gasteiger charge is 2.40. The zero-order valence-corrected chi connectivity index (χ0v) is 17.2. The maximum absolute atomic E-state index is 12.5. The Balaban J connectivity index is 1.46. The fourth-order valence-electron chi connectivity index (χ4n) is 3.16. The van der Waals surface area contributed by atoms with E-state index in [1.165, 1.54) is 21.6 Å². The zero-order chi connectivity index (χ0) is 19.8. The highest BCUT2D eigenvalue weighted by molar-refractivity contribution is 7.13. The molecule has 1 fully saturated rings. The lowest BCUT2D eigenvalue weighted by Gasteiger charge is -2.16. The first-order valence-corrected chi connectivity index (χ1v) is 10.1. The summed E-state index contributed by atoms with van der Waals surface area (Å²) in [5, 5.41) is 6.97. The molecule has 0 N–H and O–H groups in total. The van der Waals surface area contributed by atoms with Gasteiger partial charge in [-0.3, -0.25) is 9.78 Å². The van der Waals surface area contributed by atoms with Crippen LogP contribution in [0.15, 0.2) is 34.6 Å². The summed E-state index contributed by atoms with van der Waals surface area (Å²) >= 11 is 1.50. The Labute approximate surface area is 167 Å². The van der Waals surface area contributed by atoms with Gasteiger partial charge >= 0.3 is 0 Å². The molecule has 0 spiro atoms. The van der Waals surface area contributed by atoms with Crippen LogP contribution < -0.4 is 15.2 Å². The van der Waals surface area contributed by atoms with E-state index in [9.17, 15) is 4.79 Å². The van der Waals surface area contributed by atoms with Crippen molar-refractivity contribution in [1.29, 1.82) is 0 Å². The molecule has 0 aliphatic heterocycles. The molecular weight excluding hydrogens is 374 g/mol. The standard InChI is InChI=1S/C20H23N5O2S/c1-12-5-6-16(21-9-12)15-7-14(15)10-27-18-8-17(19(26)25(4)23-18)24(3)20-22-13(2)11-28-20/h5-6,8-9,11,14-15H,7,10H2,1-4H3/t14-,15+/m1/s1. The van der Waals surface area contributed by atoms with E-state index in [2.05, 4.69) is 27.2 Å². The fraction of sp³-hybridized carbons (Fsp3) is 0.400. The number of aryl methyl sites for hydroxylation is 3. The monoisotopic (exact) mass is 397 g/mol. The van der Waals surface area contributed by atoms with Crippen LogP contribution in [0.3, 0.4) is 0 Å². The van der Waals surface area contributed by atoms with E-state index in [-0.39, 0.29) is 5.56 Å². The largest absolute Gasteiger partial charge is 0.476 e. The van der Waals surface area contributed by atoms with Crippen molar-refractivity contribution in [3.8, 4) is 5.88 Å². The third kappa shape index (κ3) is 3.77. The minimum Gasteiger partial charge on any atom is -0.476 e. The molecule has 4 rings (SSSR count). The van der Waals surface area contributed by atoms with Crippen molar-refractivity contribution in [2.45, 2.75) is 26.2 Å².